The van der Waals surface area contributed by atoms with Crippen LogP contribution in [0.15, 0.2) is 28.7 Å². The van der Waals surface area contributed by atoms with Crippen molar-refractivity contribution in [1.82, 2.24) is 5.32 Å². The zero-order chi connectivity index (χ0) is 15.6. The van der Waals surface area contributed by atoms with E-state index in [1.54, 1.807) is 18.2 Å². The monoisotopic (exact) mass is 288 g/mol. The van der Waals surface area contributed by atoms with Crippen LogP contribution in [0, 0.1) is 13.8 Å². The first-order chi connectivity index (χ1) is 9.93. The van der Waals surface area contributed by atoms with Crippen LogP contribution in [0.3, 0.4) is 0 Å². The maximum atomic E-state index is 12.4. The predicted octanol–water partition coefficient (Wildman–Crippen LogP) is 2.98. The quantitative estimate of drug-likeness (QED) is 0.848. The van der Waals surface area contributed by atoms with Crippen LogP contribution in [-0.4, -0.2) is 13.0 Å². The van der Waals surface area contributed by atoms with Crippen molar-refractivity contribution in [3.63, 3.8) is 0 Å². The maximum absolute atomic E-state index is 12.4. The molecule has 1 amide bonds. The molecule has 0 radical (unpaired) electrons. The second-order valence-corrected chi connectivity index (χ2v) is 4.99. The lowest BCUT2D eigenvalue weighted by Crippen LogP contribution is -2.28. The van der Waals surface area contributed by atoms with E-state index in [9.17, 15) is 4.79 Å². The number of nitrogens with two attached hydrogens (primary N) is 1. The van der Waals surface area contributed by atoms with Crippen molar-refractivity contribution in [2.45, 2.75) is 26.8 Å². The summed E-state index contributed by atoms with van der Waals surface area (Å²) in [7, 11) is 1.51. The summed E-state index contributed by atoms with van der Waals surface area (Å²) in [6.07, 6.45) is 0. The molecule has 5 nitrogen and oxygen atoms in total. The predicted molar refractivity (Wildman–Crippen MR) is 81.5 cm³/mol. The Labute approximate surface area is 124 Å². The minimum absolute atomic E-state index is 0.181. The Bertz CT molecular complexity index is 662. The molecule has 0 aliphatic rings. The number of carbonyl (C=O) groups excluding carboxylic acids is 1. The second-order valence-electron chi connectivity index (χ2n) is 4.99. The van der Waals surface area contributed by atoms with E-state index in [-0.39, 0.29) is 11.9 Å². The molecule has 2 rings (SSSR count). The molecular formula is C16H20N2O3. The number of nitrogen functional groups attached to an aromatic ring is 1. The number of hydrogen-bond donors (Lipinski definition) is 2. The van der Waals surface area contributed by atoms with Gasteiger partial charge in [-0.3, -0.25) is 4.79 Å². The van der Waals surface area contributed by atoms with Gasteiger partial charge >= 0.3 is 0 Å². The highest BCUT2D eigenvalue weighted by molar-refractivity contribution is 6.02. The lowest BCUT2D eigenvalue weighted by atomic mass is 10.1. The lowest BCUT2D eigenvalue weighted by Gasteiger charge is -2.16. The summed E-state index contributed by atoms with van der Waals surface area (Å²) >= 11 is 0. The molecule has 2 aromatic rings. The number of carbonyl (C=O) groups is 1. The fraction of sp³-hybridized carbons (Fsp3) is 0.312. The molecule has 1 unspecified atom stereocenters. The molecule has 0 saturated carbocycles. The van der Waals surface area contributed by atoms with Crippen molar-refractivity contribution in [3.8, 4) is 5.75 Å². The SMILES string of the molecule is COc1cccc(N)c1C(=O)NC(C)c1cc(C)oc1C. The number of benzene rings is 1. The molecule has 0 fully saturated rings. The van der Waals surface area contributed by atoms with Crippen LogP contribution in [0.4, 0.5) is 5.69 Å². The number of rotatable bonds is 4. The van der Waals surface area contributed by atoms with Gasteiger partial charge in [-0.05, 0) is 39.0 Å². The summed E-state index contributed by atoms with van der Waals surface area (Å²) in [5, 5.41) is 2.92. The molecule has 0 spiro atoms. The van der Waals surface area contributed by atoms with E-state index < -0.39 is 0 Å². The summed E-state index contributed by atoms with van der Waals surface area (Å²) in [6.45, 7) is 5.66. The molecule has 0 aliphatic carbocycles. The van der Waals surface area contributed by atoms with Crippen LogP contribution in [0.25, 0.3) is 0 Å². The van der Waals surface area contributed by atoms with Crippen molar-refractivity contribution in [2.75, 3.05) is 12.8 Å². The van der Waals surface area contributed by atoms with Gasteiger partial charge in [0.15, 0.2) is 0 Å². The molecule has 21 heavy (non-hydrogen) atoms. The number of nitrogens with one attached hydrogen (secondary N) is 1. The van der Waals surface area contributed by atoms with Gasteiger partial charge in [-0.1, -0.05) is 6.07 Å². The fourth-order valence-corrected chi connectivity index (χ4v) is 2.39. The highest BCUT2D eigenvalue weighted by atomic mass is 16.5. The molecule has 1 heterocycles. The van der Waals surface area contributed by atoms with Gasteiger partial charge in [0.1, 0.15) is 22.8 Å². The van der Waals surface area contributed by atoms with E-state index in [4.69, 9.17) is 14.9 Å². The minimum Gasteiger partial charge on any atom is -0.496 e. The maximum Gasteiger partial charge on any atom is 0.257 e. The molecule has 1 aromatic heterocycles. The number of furan rings is 1. The van der Waals surface area contributed by atoms with Crippen molar-refractivity contribution >= 4 is 11.6 Å². The van der Waals surface area contributed by atoms with E-state index in [1.807, 2.05) is 26.8 Å². The normalized spacial score (nSPS) is 12.0. The van der Waals surface area contributed by atoms with Crippen molar-refractivity contribution in [1.29, 1.82) is 0 Å². The number of aryl methyl sites for hydroxylation is 2. The summed E-state index contributed by atoms with van der Waals surface area (Å²) in [5.41, 5.74) is 7.58. The van der Waals surface area contributed by atoms with Gasteiger partial charge in [-0.2, -0.15) is 0 Å². The van der Waals surface area contributed by atoms with Crippen LogP contribution in [0.1, 0.15) is 40.4 Å². The zero-order valence-electron chi connectivity index (χ0n) is 12.7. The Morgan fingerprint density at radius 1 is 1.38 bits per heavy atom. The van der Waals surface area contributed by atoms with Gasteiger partial charge in [0.2, 0.25) is 0 Å². The van der Waals surface area contributed by atoms with Gasteiger partial charge in [0, 0.05) is 11.3 Å². The van der Waals surface area contributed by atoms with E-state index in [1.165, 1.54) is 7.11 Å². The third-order valence-corrected chi connectivity index (χ3v) is 3.40. The van der Waals surface area contributed by atoms with Crippen molar-refractivity contribution < 1.29 is 13.9 Å². The zero-order valence-corrected chi connectivity index (χ0v) is 12.7. The Hall–Kier alpha value is -2.43. The molecule has 1 aromatic carbocycles. The van der Waals surface area contributed by atoms with E-state index in [2.05, 4.69) is 5.32 Å². The van der Waals surface area contributed by atoms with E-state index in [0.717, 1.165) is 17.1 Å². The van der Waals surface area contributed by atoms with E-state index in [0.29, 0.717) is 17.0 Å². The Morgan fingerprint density at radius 3 is 2.67 bits per heavy atom. The van der Waals surface area contributed by atoms with Gasteiger partial charge in [0.05, 0.1) is 13.2 Å². The summed E-state index contributed by atoms with van der Waals surface area (Å²) < 4.78 is 10.7. The first-order valence-corrected chi connectivity index (χ1v) is 6.74. The van der Waals surface area contributed by atoms with Gasteiger partial charge < -0.3 is 20.2 Å². The molecule has 0 saturated heterocycles. The lowest BCUT2D eigenvalue weighted by molar-refractivity contribution is 0.0937. The van der Waals surface area contributed by atoms with Crippen LogP contribution in [0.5, 0.6) is 5.75 Å². The molecule has 5 heteroatoms. The van der Waals surface area contributed by atoms with Crippen LogP contribution < -0.4 is 15.8 Å². The molecular weight excluding hydrogens is 268 g/mol. The van der Waals surface area contributed by atoms with Crippen LogP contribution >= 0.6 is 0 Å². The van der Waals surface area contributed by atoms with Gasteiger partial charge in [-0.15, -0.1) is 0 Å². The average Bonchev–Trinajstić information content (AvgIpc) is 2.77. The smallest absolute Gasteiger partial charge is 0.257 e. The van der Waals surface area contributed by atoms with Crippen LogP contribution in [-0.2, 0) is 0 Å². The third kappa shape index (κ3) is 3.02. The van der Waals surface area contributed by atoms with Gasteiger partial charge in [-0.25, -0.2) is 0 Å². The van der Waals surface area contributed by atoms with Gasteiger partial charge in [0.25, 0.3) is 5.91 Å². The Morgan fingerprint density at radius 2 is 2.10 bits per heavy atom. The number of methoxy groups -OCH3 is 1. The summed E-state index contributed by atoms with van der Waals surface area (Å²) in [4.78, 5) is 12.4. The highest BCUT2D eigenvalue weighted by Crippen LogP contribution is 2.26. The summed E-state index contributed by atoms with van der Waals surface area (Å²) in [5.74, 6) is 1.81. The molecule has 0 aliphatic heterocycles. The first-order valence-electron chi connectivity index (χ1n) is 6.74. The number of ether oxygens (including phenoxy) is 1. The standard InChI is InChI=1S/C16H20N2O3/c1-9-8-12(11(3)21-9)10(2)18-16(19)15-13(17)6-5-7-14(15)20-4/h5-8,10H,17H2,1-4H3,(H,18,19). The molecule has 3 N–H and O–H groups in total. The van der Waals surface area contributed by atoms with E-state index >= 15 is 0 Å². The number of hydrogen-bond acceptors (Lipinski definition) is 4. The second kappa shape index (κ2) is 5.91. The largest absolute Gasteiger partial charge is 0.496 e. The summed E-state index contributed by atoms with van der Waals surface area (Å²) in [6, 6.07) is 6.88. The molecule has 112 valence electrons. The Kier molecular flexibility index (Phi) is 4.21. The van der Waals surface area contributed by atoms with Crippen LogP contribution in [0.2, 0.25) is 0 Å². The minimum atomic E-state index is -0.268. The fourth-order valence-electron chi connectivity index (χ4n) is 2.39. The molecule has 1 atom stereocenters. The molecule has 0 bridgehead atoms. The number of anilines is 1. The van der Waals surface area contributed by atoms with Crippen molar-refractivity contribution in [3.05, 3.63) is 46.9 Å². The average molecular weight is 288 g/mol. The Balaban J connectivity index is 2.24. The first kappa shape index (κ1) is 15.0. The third-order valence-electron chi connectivity index (χ3n) is 3.40. The number of amides is 1. The van der Waals surface area contributed by atoms with Crippen molar-refractivity contribution in [2.24, 2.45) is 0 Å². The topological polar surface area (TPSA) is 77.5 Å². The highest BCUT2D eigenvalue weighted by Gasteiger charge is 2.20.